The maximum atomic E-state index is 12.2. The number of alkyl carbamates (subject to hydrolysis) is 1. The van der Waals surface area contributed by atoms with Crippen LogP contribution in [0.1, 0.15) is 5.56 Å². The molecule has 144 valence electrons. The summed E-state index contributed by atoms with van der Waals surface area (Å²) in [6.07, 6.45) is 0.0627. The van der Waals surface area contributed by atoms with Crippen molar-refractivity contribution < 1.29 is 37.4 Å². The number of hydrogen-bond donors (Lipinski definition) is 3. The highest BCUT2D eigenvalue weighted by atomic mass is 32.2. The molecule has 0 bridgehead atoms. The number of nitrogens with zero attached hydrogens (tertiary/aromatic N) is 1. The zero-order chi connectivity index (χ0) is 19.3. The minimum Gasteiger partial charge on any atom is -0.454 e. The standard InChI is InChI=1S/C14H19N3O8S/c1-23-14(19)15-6-10(13(18)16-20)17(26(2,21)22)7-9-3-4-11-12(5-9)25-8-24-11/h3-5,10,20H,6-8H2,1-2H3,(H,15,19)(H,16,18)/t10-/m1/s1. The van der Waals surface area contributed by atoms with E-state index in [1.54, 1.807) is 18.2 Å². The van der Waals surface area contributed by atoms with Gasteiger partial charge in [0.05, 0.1) is 13.4 Å². The molecule has 0 saturated carbocycles. The second kappa shape index (κ2) is 8.21. The van der Waals surface area contributed by atoms with Crippen molar-refractivity contribution >= 4 is 22.0 Å². The van der Waals surface area contributed by atoms with Crippen LogP contribution in [0.4, 0.5) is 4.79 Å². The molecule has 0 unspecified atom stereocenters. The Morgan fingerprint density at radius 3 is 2.65 bits per heavy atom. The number of rotatable bonds is 7. The van der Waals surface area contributed by atoms with Crippen LogP contribution in [0.15, 0.2) is 18.2 Å². The molecule has 1 aromatic rings. The van der Waals surface area contributed by atoms with Crippen LogP contribution in [0, 0.1) is 0 Å². The average molecular weight is 389 g/mol. The normalized spacial score (nSPS) is 14.0. The predicted molar refractivity (Wildman–Crippen MR) is 87.1 cm³/mol. The molecule has 12 heteroatoms. The summed E-state index contributed by atoms with van der Waals surface area (Å²) in [6, 6.07) is 3.42. The number of hydrogen-bond acceptors (Lipinski definition) is 8. The first-order valence-electron chi connectivity index (χ1n) is 7.37. The Bertz CT molecular complexity index is 782. The summed E-state index contributed by atoms with van der Waals surface area (Å²) in [5.74, 6) is -0.0315. The van der Waals surface area contributed by atoms with Crippen molar-refractivity contribution in [1.82, 2.24) is 15.1 Å². The lowest BCUT2D eigenvalue weighted by molar-refractivity contribution is -0.133. The number of benzene rings is 1. The second-order valence-electron chi connectivity index (χ2n) is 5.36. The molecule has 0 radical (unpaired) electrons. The molecule has 2 rings (SSSR count). The van der Waals surface area contributed by atoms with Gasteiger partial charge in [-0.2, -0.15) is 4.31 Å². The Morgan fingerprint density at radius 1 is 1.35 bits per heavy atom. The molecule has 0 aromatic heterocycles. The van der Waals surface area contributed by atoms with E-state index < -0.39 is 34.6 Å². The van der Waals surface area contributed by atoms with Crippen molar-refractivity contribution in [1.29, 1.82) is 0 Å². The van der Waals surface area contributed by atoms with E-state index in [1.165, 1.54) is 5.48 Å². The molecule has 1 aliphatic heterocycles. The number of methoxy groups -OCH3 is 1. The fourth-order valence-corrected chi connectivity index (χ4v) is 3.35. The van der Waals surface area contributed by atoms with Gasteiger partial charge in [-0.3, -0.25) is 10.0 Å². The van der Waals surface area contributed by atoms with Crippen molar-refractivity contribution in [3.05, 3.63) is 23.8 Å². The zero-order valence-corrected chi connectivity index (χ0v) is 14.9. The van der Waals surface area contributed by atoms with E-state index in [1.807, 2.05) is 0 Å². The van der Waals surface area contributed by atoms with E-state index in [2.05, 4.69) is 10.1 Å². The molecule has 1 heterocycles. The first-order valence-corrected chi connectivity index (χ1v) is 9.22. The van der Waals surface area contributed by atoms with Crippen LogP contribution in [0.5, 0.6) is 11.5 Å². The molecule has 11 nitrogen and oxygen atoms in total. The number of nitrogens with one attached hydrogen (secondary N) is 2. The zero-order valence-electron chi connectivity index (χ0n) is 14.1. The van der Waals surface area contributed by atoms with Gasteiger partial charge in [0.25, 0.3) is 5.91 Å². The molecule has 0 saturated heterocycles. The molecule has 1 aromatic carbocycles. The number of ether oxygens (including phenoxy) is 3. The van der Waals surface area contributed by atoms with Gasteiger partial charge in [0.2, 0.25) is 16.8 Å². The lowest BCUT2D eigenvalue weighted by atomic mass is 10.2. The molecule has 1 aliphatic rings. The van der Waals surface area contributed by atoms with Gasteiger partial charge in [0.15, 0.2) is 11.5 Å². The summed E-state index contributed by atoms with van der Waals surface area (Å²) < 4.78 is 40.1. The van der Waals surface area contributed by atoms with Crippen LogP contribution >= 0.6 is 0 Å². The fraction of sp³-hybridized carbons (Fsp3) is 0.429. The lowest BCUT2D eigenvalue weighted by Crippen LogP contribution is -2.53. The Labute approximate surface area is 149 Å². The third-order valence-electron chi connectivity index (χ3n) is 3.59. The summed E-state index contributed by atoms with van der Waals surface area (Å²) in [6.45, 7) is -0.541. The van der Waals surface area contributed by atoms with Gasteiger partial charge < -0.3 is 19.5 Å². The third kappa shape index (κ3) is 4.74. The summed E-state index contributed by atoms with van der Waals surface area (Å²) in [4.78, 5) is 23.2. The summed E-state index contributed by atoms with van der Waals surface area (Å²) in [5.41, 5.74) is 1.93. The van der Waals surface area contributed by atoms with Gasteiger partial charge in [0, 0.05) is 13.1 Å². The van der Waals surface area contributed by atoms with Crippen LogP contribution in [-0.2, 0) is 26.1 Å². The fourth-order valence-electron chi connectivity index (χ4n) is 2.33. The van der Waals surface area contributed by atoms with Gasteiger partial charge in [-0.05, 0) is 17.7 Å². The number of sulfonamides is 1. The highest BCUT2D eigenvalue weighted by molar-refractivity contribution is 7.88. The van der Waals surface area contributed by atoms with Crippen LogP contribution in [0.25, 0.3) is 0 Å². The van der Waals surface area contributed by atoms with E-state index >= 15 is 0 Å². The van der Waals surface area contributed by atoms with Gasteiger partial charge >= 0.3 is 6.09 Å². The Kier molecular flexibility index (Phi) is 6.23. The first kappa shape index (κ1) is 19.8. The topological polar surface area (TPSA) is 144 Å². The second-order valence-corrected chi connectivity index (χ2v) is 7.30. The van der Waals surface area contributed by atoms with Gasteiger partial charge in [-0.1, -0.05) is 6.07 Å². The first-order chi connectivity index (χ1) is 12.3. The van der Waals surface area contributed by atoms with E-state index in [4.69, 9.17) is 14.7 Å². The molecule has 0 spiro atoms. The average Bonchev–Trinajstić information content (AvgIpc) is 3.07. The van der Waals surface area contributed by atoms with Crippen molar-refractivity contribution in [2.45, 2.75) is 12.6 Å². The highest BCUT2D eigenvalue weighted by Crippen LogP contribution is 2.33. The predicted octanol–water partition coefficient (Wildman–Crippen LogP) is -0.593. The van der Waals surface area contributed by atoms with Crippen LogP contribution < -0.4 is 20.3 Å². The Balaban J connectivity index is 2.28. The molecule has 1 atom stereocenters. The van der Waals surface area contributed by atoms with Crippen molar-refractivity contribution in [2.75, 3.05) is 26.7 Å². The maximum absolute atomic E-state index is 12.2. The van der Waals surface area contributed by atoms with Crippen LogP contribution in [-0.4, -0.2) is 62.7 Å². The smallest absolute Gasteiger partial charge is 0.406 e. The third-order valence-corrected chi connectivity index (χ3v) is 4.82. The molecule has 0 aliphatic carbocycles. The molecule has 3 N–H and O–H groups in total. The quantitative estimate of drug-likeness (QED) is 0.415. The summed E-state index contributed by atoms with van der Waals surface area (Å²) in [5, 5.41) is 11.2. The molecule has 2 amide bonds. The number of hydroxylamine groups is 1. The maximum Gasteiger partial charge on any atom is 0.406 e. The SMILES string of the molecule is COC(=O)NC[C@H](C(=O)NO)N(Cc1ccc2c(c1)OCO2)S(C)(=O)=O. The molecular formula is C14H19N3O8S. The van der Waals surface area contributed by atoms with Gasteiger partial charge in [-0.15, -0.1) is 0 Å². The van der Waals surface area contributed by atoms with E-state index in [0.717, 1.165) is 17.7 Å². The lowest BCUT2D eigenvalue weighted by Gasteiger charge is -2.28. The molecule has 0 fully saturated rings. The minimum atomic E-state index is -3.89. The highest BCUT2D eigenvalue weighted by Gasteiger charge is 2.33. The van der Waals surface area contributed by atoms with E-state index in [0.29, 0.717) is 17.1 Å². The van der Waals surface area contributed by atoms with Crippen molar-refractivity contribution in [2.24, 2.45) is 0 Å². The number of carbonyl (C=O) groups excluding carboxylic acids is 2. The van der Waals surface area contributed by atoms with E-state index in [-0.39, 0.29) is 13.3 Å². The number of carbonyl (C=O) groups is 2. The Hall–Kier alpha value is -2.57. The number of fused-ring (bicyclic) bond motifs is 1. The van der Waals surface area contributed by atoms with E-state index in [9.17, 15) is 18.0 Å². The van der Waals surface area contributed by atoms with Crippen molar-refractivity contribution in [3.63, 3.8) is 0 Å². The van der Waals surface area contributed by atoms with Gasteiger partial charge in [-0.25, -0.2) is 18.7 Å². The summed E-state index contributed by atoms with van der Waals surface area (Å²) in [7, 11) is -2.77. The van der Waals surface area contributed by atoms with Crippen molar-refractivity contribution in [3.8, 4) is 11.5 Å². The van der Waals surface area contributed by atoms with Crippen LogP contribution in [0.2, 0.25) is 0 Å². The summed E-state index contributed by atoms with van der Waals surface area (Å²) >= 11 is 0. The largest absolute Gasteiger partial charge is 0.454 e. The number of amides is 2. The van der Waals surface area contributed by atoms with Crippen LogP contribution in [0.3, 0.4) is 0 Å². The van der Waals surface area contributed by atoms with Gasteiger partial charge in [0.1, 0.15) is 6.04 Å². The Morgan fingerprint density at radius 2 is 2.04 bits per heavy atom. The molecule has 26 heavy (non-hydrogen) atoms. The monoisotopic (exact) mass is 389 g/mol. The molecular weight excluding hydrogens is 370 g/mol. The minimum absolute atomic E-state index is 0.0627.